The molecule has 0 bridgehead atoms. The summed E-state index contributed by atoms with van der Waals surface area (Å²) in [6.07, 6.45) is 4.83. The lowest BCUT2D eigenvalue weighted by Gasteiger charge is -2.19. The maximum atomic E-state index is 12.9. The molecule has 8 heteroatoms. The average Bonchev–Trinajstić information content (AvgIpc) is 3.25. The van der Waals surface area contributed by atoms with Gasteiger partial charge in [-0.2, -0.15) is 0 Å². The Kier molecular flexibility index (Phi) is 7.99. The minimum Gasteiger partial charge on any atom is -0.338 e. The van der Waals surface area contributed by atoms with Crippen molar-refractivity contribution in [1.29, 1.82) is 0 Å². The molecule has 0 aliphatic rings. The van der Waals surface area contributed by atoms with Gasteiger partial charge in [0.05, 0.1) is 5.70 Å². The van der Waals surface area contributed by atoms with Crippen molar-refractivity contribution in [2.24, 2.45) is 0 Å². The van der Waals surface area contributed by atoms with Gasteiger partial charge in [-0.1, -0.05) is 51.6 Å². The molecular weight excluding hydrogens is 452 g/mol. The van der Waals surface area contributed by atoms with Gasteiger partial charge in [-0.15, -0.1) is 0 Å². The fourth-order valence-corrected chi connectivity index (χ4v) is 3.69. The summed E-state index contributed by atoms with van der Waals surface area (Å²) in [6, 6.07) is 12.9. The lowest BCUT2D eigenvalue weighted by atomic mass is 9.86. The highest BCUT2D eigenvalue weighted by Gasteiger charge is 2.16. The quantitative estimate of drug-likeness (QED) is 0.283. The zero-order valence-corrected chi connectivity index (χ0v) is 21.5. The van der Waals surface area contributed by atoms with Crippen molar-refractivity contribution in [2.75, 3.05) is 17.7 Å². The summed E-state index contributed by atoms with van der Waals surface area (Å²) in [5.74, 6) is 6.15. The van der Waals surface area contributed by atoms with Gasteiger partial charge in [-0.25, -0.2) is 14.5 Å². The molecule has 2 aromatic carbocycles. The Hall–Kier alpha value is -4.33. The van der Waals surface area contributed by atoms with E-state index in [1.165, 1.54) is 4.68 Å². The molecule has 0 aliphatic heterocycles. The van der Waals surface area contributed by atoms with Crippen molar-refractivity contribution >= 4 is 28.9 Å². The van der Waals surface area contributed by atoms with Crippen LogP contribution < -0.4 is 21.8 Å². The number of amides is 3. The predicted octanol–water partition coefficient (Wildman–Crippen LogP) is 4.83. The number of carbonyl (C=O) groups is 2. The van der Waals surface area contributed by atoms with Gasteiger partial charge in [0.15, 0.2) is 5.82 Å². The monoisotopic (exact) mass is 486 g/mol. The number of allylic oxidation sites excluding steroid dienone is 2. The third kappa shape index (κ3) is 6.21. The Morgan fingerprint density at radius 3 is 2.42 bits per heavy atom. The van der Waals surface area contributed by atoms with Crippen LogP contribution in [0.15, 0.2) is 67.5 Å². The molecule has 0 spiro atoms. The Morgan fingerprint density at radius 1 is 1.14 bits per heavy atom. The molecule has 0 saturated heterocycles. The first-order valence-corrected chi connectivity index (χ1v) is 11.8. The zero-order chi connectivity index (χ0) is 26.5. The van der Waals surface area contributed by atoms with Gasteiger partial charge in [0, 0.05) is 30.2 Å². The second kappa shape index (κ2) is 10.9. The van der Waals surface area contributed by atoms with Gasteiger partial charge < -0.3 is 21.8 Å². The van der Waals surface area contributed by atoms with E-state index in [4.69, 9.17) is 5.84 Å². The molecule has 1 heterocycles. The molecule has 3 amide bonds. The maximum Gasteiger partial charge on any atom is 0.319 e. The Labute approximate surface area is 212 Å². The number of nitrogens with two attached hydrogens (primary N) is 1. The summed E-state index contributed by atoms with van der Waals surface area (Å²) in [4.78, 5) is 29.4. The minimum absolute atomic E-state index is 0.0137. The molecule has 0 fully saturated rings. The van der Waals surface area contributed by atoms with Gasteiger partial charge in [-0.05, 0) is 65.8 Å². The molecular formula is C28H34N6O2. The molecule has 8 nitrogen and oxygen atoms in total. The normalized spacial score (nSPS) is 11.6. The second-order valence-corrected chi connectivity index (χ2v) is 9.49. The molecule has 3 aromatic rings. The van der Waals surface area contributed by atoms with Crippen LogP contribution in [0.4, 0.5) is 10.5 Å². The van der Waals surface area contributed by atoms with Crippen molar-refractivity contribution < 1.29 is 9.59 Å². The fraction of sp³-hybridized carbons (Fsp3) is 0.250. The lowest BCUT2D eigenvalue weighted by Crippen LogP contribution is -2.35. The Bertz CT molecular complexity index is 1300. The summed E-state index contributed by atoms with van der Waals surface area (Å²) < 4.78 is 1.32. The molecule has 188 valence electrons. The molecule has 0 saturated carbocycles. The van der Waals surface area contributed by atoms with Crippen molar-refractivity contribution in [3.05, 3.63) is 95.6 Å². The molecule has 3 rings (SSSR count). The van der Waals surface area contributed by atoms with E-state index < -0.39 is 0 Å². The van der Waals surface area contributed by atoms with Gasteiger partial charge in [-0.3, -0.25) is 4.79 Å². The number of anilines is 1. The number of nitrogen functional groups attached to an aromatic ring is 1. The molecule has 0 unspecified atom stereocenters. The third-order valence-electron chi connectivity index (χ3n) is 5.75. The number of hydrogen-bond donors (Lipinski definition) is 4. The van der Waals surface area contributed by atoms with E-state index in [0.29, 0.717) is 34.9 Å². The average molecular weight is 487 g/mol. The SMILES string of the molecule is C=C(/C=C(/NC(=O)NCC)c1nccn1N)c1cccc(NC(=O)c2ccc(C(C)(C)C)cc2)c1C. The first kappa shape index (κ1) is 26.3. The van der Waals surface area contributed by atoms with Crippen LogP contribution in [0, 0.1) is 6.92 Å². The van der Waals surface area contributed by atoms with Crippen molar-refractivity contribution in [3.8, 4) is 0 Å². The minimum atomic E-state index is -0.380. The van der Waals surface area contributed by atoms with Crippen LogP contribution in [-0.2, 0) is 5.41 Å². The van der Waals surface area contributed by atoms with Crippen LogP contribution in [0.5, 0.6) is 0 Å². The van der Waals surface area contributed by atoms with E-state index in [9.17, 15) is 9.59 Å². The summed E-state index contributed by atoms with van der Waals surface area (Å²) in [5, 5.41) is 8.48. The number of urea groups is 1. The van der Waals surface area contributed by atoms with Gasteiger partial charge in [0.25, 0.3) is 5.91 Å². The largest absolute Gasteiger partial charge is 0.338 e. The van der Waals surface area contributed by atoms with Crippen LogP contribution >= 0.6 is 0 Å². The smallest absolute Gasteiger partial charge is 0.319 e. The number of benzene rings is 2. The van der Waals surface area contributed by atoms with Crippen LogP contribution in [0.3, 0.4) is 0 Å². The Morgan fingerprint density at radius 2 is 1.83 bits per heavy atom. The Balaban J connectivity index is 1.87. The van der Waals surface area contributed by atoms with E-state index in [0.717, 1.165) is 16.7 Å². The van der Waals surface area contributed by atoms with E-state index in [2.05, 4.69) is 48.3 Å². The first-order chi connectivity index (χ1) is 17.0. The number of carbonyl (C=O) groups excluding carboxylic acids is 2. The molecule has 5 N–H and O–H groups in total. The highest BCUT2D eigenvalue weighted by molar-refractivity contribution is 6.05. The van der Waals surface area contributed by atoms with Gasteiger partial charge >= 0.3 is 6.03 Å². The van der Waals surface area contributed by atoms with Crippen molar-refractivity contribution in [1.82, 2.24) is 20.3 Å². The number of rotatable bonds is 7. The van der Waals surface area contributed by atoms with Gasteiger partial charge in [0.2, 0.25) is 0 Å². The van der Waals surface area contributed by atoms with E-state index >= 15 is 0 Å². The van der Waals surface area contributed by atoms with Crippen molar-refractivity contribution in [3.63, 3.8) is 0 Å². The second-order valence-electron chi connectivity index (χ2n) is 9.49. The standard InChI is InChI=1S/C28H34N6O2/c1-7-30-27(36)33-24(25-31-15-16-34(25)29)17-18(2)22-9-8-10-23(19(22)3)32-26(35)20-11-13-21(14-12-20)28(4,5)6/h8-17H,2,7,29H2,1,3-6H3,(H,32,35)(H2,30,33,36)/b24-17+. The molecule has 36 heavy (non-hydrogen) atoms. The van der Waals surface area contributed by atoms with Crippen LogP contribution in [0.1, 0.15) is 60.6 Å². The van der Waals surface area contributed by atoms with Crippen molar-refractivity contribution in [2.45, 2.75) is 40.0 Å². The topological polar surface area (TPSA) is 114 Å². The highest BCUT2D eigenvalue weighted by atomic mass is 16.2. The summed E-state index contributed by atoms with van der Waals surface area (Å²) in [5.41, 5.74) is 5.09. The molecule has 0 radical (unpaired) electrons. The van der Waals surface area contributed by atoms with Crippen LogP contribution in [0.2, 0.25) is 0 Å². The first-order valence-electron chi connectivity index (χ1n) is 11.8. The molecule has 0 atom stereocenters. The number of nitrogens with zero attached hydrogens (tertiary/aromatic N) is 2. The van der Waals surface area contributed by atoms with E-state index in [1.54, 1.807) is 18.5 Å². The summed E-state index contributed by atoms with van der Waals surface area (Å²) in [6.45, 7) is 14.8. The van der Waals surface area contributed by atoms with E-state index in [1.807, 2.05) is 56.3 Å². The van der Waals surface area contributed by atoms with E-state index in [-0.39, 0.29) is 17.4 Å². The highest BCUT2D eigenvalue weighted by Crippen LogP contribution is 2.28. The summed E-state index contributed by atoms with van der Waals surface area (Å²) >= 11 is 0. The predicted molar refractivity (Wildman–Crippen MR) is 146 cm³/mol. The van der Waals surface area contributed by atoms with Crippen LogP contribution in [-0.4, -0.2) is 28.1 Å². The number of imidazole rings is 1. The maximum absolute atomic E-state index is 12.9. The molecule has 0 aliphatic carbocycles. The number of aromatic nitrogens is 2. The third-order valence-corrected chi connectivity index (χ3v) is 5.75. The number of nitrogens with one attached hydrogen (secondary N) is 3. The van der Waals surface area contributed by atoms with Gasteiger partial charge in [0.1, 0.15) is 0 Å². The fourth-order valence-electron chi connectivity index (χ4n) is 3.69. The zero-order valence-electron chi connectivity index (χ0n) is 21.5. The molecule has 1 aromatic heterocycles. The van der Waals surface area contributed by atoms with Crippen LogP contribution in [0.25, 0.3) is 11.3 Å². The number of hydrogen-bond acceptors (Lipinski definition) is 4. The lowest BCUT2D eigenvalue weighted by molar-refractivity contribution is 0.102. The summed E-state index contributed by atoms with van der Waals surface area (Å²) in [7, 11) is 0.